The van der Waals surface area contributed by atoms with Gasteiger partial charge in [-0.25, -0.2) is 14.4 Å². The zero-order chi connectivity index (χ0) is 19.7. The number of benzene rings is 1. The van der Waals surface area contributed by atoms with Gasteiger partial charge in [-0.2, -0.15) is 0 Å². The molecule has 1 N–H and O–H groups in total. The van der Waals surface area contributed by atoms with E-state index in [2.05, 4.69) is 15.0 Å². The summed E-state index contributed by atoms with van der Waals surface area (Å²) in [6.45, 7) is 2.53. The van der Waals surface area contributed by atoms with Gasteiger partial charge >= 0.3 is 6.01 Å². The molecule has 0 radical (unpaired) electrons. The highest BCUT2D eigenvalue weighted by molar-refractivity contribution is 6.45. The molecule has 0 saturated carbocycles. The molecule has 1 fully saturated rings. The van der Waals surface area contributed by atoms with Crippen molar-refractivity contribution in [2.24, 2.45) is 0 Å². The Labute approximate surface area is 160 Å². The quantitative estimate of drug-likeness (QED) is 0.554. The second-order valence-electron chi connectivity index (χ2n) is 6.82. The Morgan fingerprint density at radius 1 is 1.25 bits per heavy atom. The van der Waals surface area contributed by atoms with Crippen LogP contribution in [0.25, 0.3) is 10.9 Å². The molecule has 0 bridgehead atoms. The molecule has 144 valence electrons. The number of Topliss-reactive ketones (excluding diaryl/α,β-unsaturated/α-hetero) is 1. The first-order valence-corrected chi connectivity index (χ1v) is 9.08. The van der Waals surface area contributed by atoms with E-state index in [1.54, 1.807) is 6.92 Å². The third kappa shape index (κ3) is 3.45. The summed E-state index contributed by atoms with van der Waals surface area (Å²) in [4.78, 5) is 38.0. The third-order valence-corrected chi connectivity index (χ3v) is 4.85. The number of para-hydroxylation sites is 1. The molecule has 3 aromatic rings. The second kappa shape index (κ2) is 7.38. The van der Waals surface area contributed by atoms with Crippen LogP contribution in [-0.2, 0) is 4.79 Å². The molecule has 1 aromatic carbocycles. The molecule has 7 nitrogen and oxygen atoms in total. The van der Waals surface area contributed by atoms with Crippen LogP contribution in [0.1, 0.15) is 28.9 Å². The average Bonchev–Trinajstić information content (AvgIpc) is 3.04. The number of aryl methyl sites for hydroxylation is 1. The topological polar surface area (TPSA) is 88.2 Å². The summed E-state index contributed by atoms with van der Waals surface area (Å²) >= 11 is 0. The zero-order valence-corrected chi connectivity index (χ0v) is 15.3. The largest absolute Gasteiger partial charge is 0.458 e. The number of rotatable bonds is 4. The Hall–Kier alpha value is -3.29. The van der Waals surface area contributed by atoms with E-state index in [-0.39, 0.29) is 18.7 Å². The molecule has 1 atom stereocenters. The minimum atomic E-state index is -0.554. The molecule has 1 saturated heterocycles. The number of hydrogen-bond donors (Lipinski definition) is 1. The maximum absolute atomic E-state index is 12.9. The SMILES string of the molecule is Cc1[nH]c2ccccc2c1C(=O)C(=O)N1CCCC(Oc2ncc(F)cn2)C1. The second-order valence-corrected chi connectivity index (χ2v) is 6.82. The number of halogens is 1. The van der Waals surface area contributed by atoms with E-state index in [1.165, 1.54) is 4.90 Å². The van der Waals surface area contributed by atoms with E-state index >= 15 is 0 Å². The Bertz CT molecular complexity index is 1030. The number of carbonyl (C=O) groups is 2. The maximum Gasteiger partial charge on any atom is 0.316 e. The van der Waals surface area contributed by atoms with Crippen molar-refractivity contribution in [3.05, 3.63) is 53.7 Å². The van der Waals surface area contributed by atoms with Gasteiger partial charge in [0, 0.05) is 23.1 Å². The molecule has 1 amide bonds. The molecule has 0 spiro atoms. The molecule has 0 aliphatic carbocycles. The highest BCUT2D eigenvalue weighted by Crippen LogP contribution is 2.24. The standard InChI is InChI=1S/C20H19FN4O3/c1-12-17(15-6-2-3-7-16(15)24-12)18(26)19(27)25-8-4-5-14(11-25)28-20-22-9-13(21)10-23-20/h2-3,6-7,9-10,14,24H,4-5,8,11H2,1H3. The first-order chi connectivity index (χ1) is 13.5. The van der Waals surface area contributed by atoms with Crippen LogP contribution in [0.15, 0.2) is 36.7 Å². The number of hydrogen-bond acceptors (Lipinski definition) is 5. The van der Waals surface area contributed by atoms with Crippen molar-refractivity contribution in [3.63, 3.8) is 0 Å². The summed E-state index contributed by atoms with van der Waals surface area (Å²) in [5, 5.41) is 0.739. The van der Waals surface area contributed by atoms with Crippen LogP contribution in [0.5, 0.6) is 6.01 Å². The van der Waals surface area contributed by atoms with Crippen molar-refractivity contribution < 1.29 is 18.7 Å². The number of H-pyrrole nitrogens is 1. The number of ketones is 1. The van der Waals surface area contributed by atoms with E-state index in [4.69, 9.17) is 4.74 Å². The monoisotopic (exact) mass is 382 g/mol. The van der Waals surface area contributed by atoms with Crippen LogP contribution >= 0.6 is 0 Å². The number of piperidine rings is 1. The van der Waals surface area contributed by atoms with E-state index in [9.17, 15) is 14.0 Å². The summed E-state index contributed by atoms with van der Waals surface area (Å²) in [6.07, 6.45) is 3.09. The molecule has 4 rings (SSSR count). The zero-order valence-electron chi connectivity index (χ0n) is 15.3. The van der Waals surface area contributed by atoms with Gasteiger partial charge in [-0.1, -0.05) is 18.2 Å². The van der Waals surface area contributed by atoms with Gasteiger partial charge in [0.1, 0.15) is 6.10 Å². The Kier molecular flexibility index (Phi) is 4.77. The molecular formula is C20H19FN4O3. The van der Waals surface area contributed by atoms with Gasteiger partial charge in [0.05, 0.1) is 24.5 Å². The van der Waals surface area contributed by atoms with Gasteiger partial charge in [0.2, 0.25) is 0 Å². The van der Waals surface area contributed by atoms with Crippen molar-refractivity contribution in [1.82, 2.24) is 19.9 Å². The predicted molar refractivity (Wildman–Crippen MR) is 99.6 cm³/mol. The van der Waals surface area contributed by atoms with Crippen molar-refractivity contribution in [2.75, 3.05) is 13.1 Å². The Balaban J connectivity index is 1.50. The molecule has 3 heterocycles. The molecular weight excluding hydrogens is 363 g/mol. The minimum absolute atomic E-state index is 0.0551. The summed E-state index contributed by atoms with van der Waals surface area (Å²) in [7, 11) is 0. The number of nitrogens with zero attached hydrogens (tertiary/aromatic N) is 3. The lowest BCUT2D eigenvalue weighted by molar-refractivity contribution is -0.129. The van der Waals surface area contributed by atoms with E-state index < -0.39 is 17.5 Å². The minimum Gasteiger partial charge on any atom is -0.458 e. The lowest BCUT2D eigenvalue weighted by Crippen LogP contribution is -2.47. The van der Waals surface area contributed by atoms with Gasteiger partial charge in [-0.3, -0.25) is 9.59 Å². The average molecular weight is 382 g/mol. The van der Waals surface area contributed by atoms with Crippen LogP contribution < -0.4 is 4.74 Å². The van der Waals surface area contributed by atoms with Crippen LogP contribution in [0.3, 0.4) is 0 Å². The van der Waals surface area contributed by atoms with Crippen LogP contribution in [0, 0.1) is 12.7 Å². The smallest absolute Gasteiger partial charge is 0.316 e. The first kappa shape index (κ1) is 18.1. The molecule has 1 aliphatic rings. The number of fused-ring (bicyclic) bond motifs is 1. The van der Waals surface area contributed by atoms with Gasteiger partial charge in [0.25, 0.3) is 11.7 Å². The van der Waals surface area contributed by atoms with E-state index in [1.807, 2.05) is 24.3 Å². The number of ether oxygens (including phenoxy) is 1. The number of amides is 1. The Morgan fingerprint density at radius 2 is 2.00 bits per heavy atom. The predicted octanol–water partition coefficient (Wildman–Crippen LogP) is 2.66. The van der Waals surface area contributed by atoms with Gasteiger partial charge in [-0.15, -0.1) is 0 Å². The molecule has 1 aliphatic heterocycles. The summed E-state index contributed by atoms with van der Waals surface area (Å²) < 4.78 is 18.6. The number of nitrogens with one attached hydrogen (secondary N) is 1. The van der Waals surface area contributed by atoms with Crippen molar-refractivity contribution in [1.29, 1.82) is 0 Å². The first-order valence-electron chi connectivity index (χ1n) is 9.08. The lowest BCUT2D eigenvalue weighted by Gasteiger charge is -2.31. The van der Waals surface area contributed by atoms with Gasteiger partial charge < -0.3 is 14.6 Å². The summed E-state index contributed by atoms with van der Waals surface area (Å²) in [6, 6.07) is 7.46. The number of aromatic amines is 1. The fourth-order valence-electron chi connectivity index (χ4n) is 3.55. The normalized spacial score (nSPS) is 16.9. The van der Waals surface area contributed by atoms with E-state index in [0.717, 1.165) is 23.3 Å². The molecule has 8 heteroatoms. The van der Waals surface area contributed by atoms with Crippen LogP contribution in [-0.4, -0.2) is 50.7 Å². The number of aromatic nitrogens is 3. The molecule has 1 unspecified atom stereocenters. The van der Waals surface area contributed by atoms with Crippen molar-refractivity contribution in [3.8, 4) is 6.01 Å². The van der Waals surface area contributed by atoms with Crippen LogP contribution in [0.4, 0.5) is 4.39 Å². The maximum atomic E-state index is 12.9. The third-order valence-electron chi connectivity index (χ3n) is 4.85. The van der Waals surface area contributed by atoms with Crippen molar-refractivity contribution in [2.45, 2.75) is 25.9 Å². The fourth-order valence-corrected chi connectivity index (χ4v) is 3.55. The summed E-state index contributed by atoms with van der Waals surface area (Å²) in [5.41, 5.74) is 1.90. The number of likely N-dealkylation sites (tertiary alicyclic amines) is 1. The van der Waals surface area contributed by atoms with Crippen molar-refractivity contribution >= 4 is 22.6 Å². The molecule has 2 aromatic heterocycles. The van der Waals surface area contributed by atoms with E-state index in [0.29, 0.717) is 30.6 Å². The fraction of sp³-hybridized carbons (Fsp3) is 0.300. The molecule has 28 heavy (non-hydrogen) atoms. The van der Waals surface area contributed by atoms with Gasteiger partial charge in [-0.05, 0) is 25.8 Å². The highest BCUT2D eigenvalue weighted by Gasteiger charge is 2.31. The number of carbonyl (C=O) groups excluding carboxylic acids is 2. The van der Waals surface area contributed by atoms with Gasteiger partial charge in [0.15, 0.2) is 5.82 Å². The Morgan fingerprint density at radius 3 is 2.79 bits per heavy atom. The highest BCUT2D eigenvalue weighted by atomic mass is 19.1. The van der Waals surface area contributed by atoms with Crippen LogP contribution in [0.2, 0.25) is 0 Å². The lowest BCUT2D eigenvalue weighted by atomic mass is 10.0. The summed E-state index contributed by atoms with van der Waals surface area (Å²) in [5.74, 6) is -1.64.